The van der Waals surface area contributed by atoms with E-state index in [9.17, 15) is 9.59 Å². The Bertz CT molecular complexity index is 1340. The summed E-state index contributed by atoms with van der Waals surface area (Å²) in [4.78, 5) is 25.7. The predicted octanol–water partition coefficient (Wildman–Crippen LogP) is 4.38. The third-order valence-electron chi connectivity index (χ3n) is 6.65. The lowest BCUT2D eigenvalue weighted by atomic mass is 9.97. The maximum Gasteiger partial charge on any atom is 0.310 e. The van der Waals surface area contributed by atoms with Crippen LogP contribution in [0.3, 0.4) is 0 Å². The largest absolute Gasteiger partial charge is 0.493 e. The molecule has 10 heteroatoms. The monoisotopic (exact) mass is 514 g/mol. The number of nitrogens with zero attached hydrogens (tertiary/aromatic N) is 2. The van der Waals surface area contributed by atoms with E-state index in [1.807, 2.05) is 0 Å². The van der Waals surface area contributed by atoms with E-state index in [-0.39, 0.29) is 36.1 Å². The molecule has 0 unspecified atom stereocenters. The van der Waals surface area contributed by atoms with Gasteiger partial charge in [0, 0.05) is 35.4 Å². The molecule has 0 aliphatic carbocycles. The number of fused-ring (bicyclic) bond motifs is 3. The number of carboxylic acids is 1. The van der Waals surface area contributed by atoms with Gasteiger partial charge in [0.05, 0.1) is 37.9 Å². The highest BCUT2D eigenvalue weighted by molar-refractivity contribution is 6.30. The van der Waals surface area contributed by atoms with Crippen molar-refractivity contribution >= 4 is 23.5 Å². The molecule has 0 saturated carbocycles. The van der Waals surface area contributed by atoms with Crippen molar-refractivity contribution in [3.8, 4) is 17.2 Å². The number of hydrogen-bond donors (Lipinski definition) is 1. The predicted molar refractivity (Wildman–Crippen MR) is 128 cm³/mol. The second-order valence-corrected chi connectivity index (χ2v) is 9.19. The van der Waals surface area contributed by atoms with E-state index in [2.05, 4.69) is 0 Å². The van der Waals surface area contributed by atoms with Crippen LogP contribution in [0.15, 0.2) is 48.7 Å². The Morgan fingerprint density at radius 1 is 1.14 bits per heavy atom. The minimum absolute atomic E-state index is 0.0531. The Labute approximate surface area is 211 Å². The molecule has 0 spiro atoms. The van der Waals surface area contributed by atoms with Gasteiger partial charge in [0.2, 0.25) is 5.91 Å². The molecule has 0 radical (unpaired) electrons. The maximum absolute atomic E-state index is 15.4. The number of methoxy groups -OCH3 is 2. The summed E-state index contributed by atoms with van der Waals surface area (Å²) < 4.78 is 34.8. The van der Waals surface area contributed by atoms with Gasteiger partial charge >= 0.3 is 5.97 Å². The fourth-order valence-corrected chi connectivity index (χ4v) is 5.06. The highest BCUT2D eigenvalue weighted by Gasteiger charge is 2.39. The van der Waals surface area contributed by atoms with E-state index in [1.54, 1.807) is 47.2 Å². The van der Waals surface area contributed by atoms with E-state index in [1.165, 1.54) is 25.2 Å². The maximum atomic E-state index is 15.4. The van der Waals surface area contributed by atoms with Gasteiger partial charge in [-0.15, -0.1) is 0 Å². The van der Waals surface area contributed by atoms with Gasteiger partial charge in [-0.2, -0.15) is 0 Å². The quantitative estimate of drug-likeness (QED) is 0.525. The number of ether oxygens (including phenoxy) is 3. The number of hydrogen-bond acceptors (Lipinski definition) is 5. The molecule has 1 fully saturated rings. The summed E-state index contributed by atoms with van der Waals surface area (Å²) in [5.41, 5.74) is 1.90. The van der Waals surface area contributed by atoms with Crippen LogP contribution in [-0.2, 0) is 14.3 Å². The molecule has 0 bridgehead atoms. The first-order chi connectivity index (χ1) is 17.3. The summed E-state index contributed by atoms with van der Waals surface area (Å²) in [6.07, 6.45) is 0.0472. The van der Waals surface area contributed by atoms with Crippen LogP contribution in [0.25, 0.3) is 5.69 Å². The van der Waals surface area contributed by atoms with E-state index in [0.29, 0.717) is 28.3 Å². The Hall–Kier alpha value is -3.56. The number of likely N-dealkylation sites (tertiary alicyclic amines) is 1. The number of carbonyl (C=O) groups is 2. The Kier molecular flexibility index (Phi) is 6.36. The third kappa shape index (κ3) is 4.08. The van der Waals surface area contributed by atoms with Crippen molar-refractivity contribution in [1.29, 1.82) is 0 Å². The van der Waals surface area contributed by atoms with Crippen molar-refractivity contribution in [3.63, 3.8) is 0 Å². The van der Waals surface area contributed by atoms with E-state index in [0.717, 1.165) is 0 Å². The lowest BCUT2D eigenvalue weighted by Gasteiger charge is -2.37. The molecule has 3 aromatic rings. The lowest BCUT2D eigenvalue weighted by Crippen LogP contribution is -2.53. The number of amides is 1. The Morgan fingerprint density at radius 3 is 2.61 bits per heavy atom. The van der Waals surface area contributed by atoms with Crippen molar-refractivity contribution in [2.24, 2.45) is 5.92 Å². The van der Waals surface area contributed by atoms with Crippen LogP contribution >= 0.6 is 11.6 Å². The molecule has 8 nitrogen and oxygen atoms in total. The van der Waals surface area contributed by atoms with E-state index in [4.69, 9.17) is 30.9 Å². The molecule has 36 heavy (non-hydrogen) atoms. The molecule has 1 amide bonds. The minimum Gasteiger partial charge on any atom is -0.493 e. The zero-order valence-electron chi connectivity index (χ0n) is 19.6. The fraction of sp³-hybridized carbons (Fsp3) is 0.308. The SMILES string of the molecule is COc1cccc([C@H]2O[C@H](CC(=O)N3CC(C(=O)O)C3)c3cccn3-c3c(F)cc(Cl)cc32)c1OC. The first kappa shape index (κ1) is 24.1. The van der Waals surface area contributed by atoms with Gasteiger partial charge in [0.1, 0.15) is 18.0 Å². The number of benzene rings is 2. The molecule has 2 aliphatic rings. The number of aliphatic carboxylic acids is 1. The first-order valence-corrected chi connectivity index (χ1v) is 11.7. The second kappa shape index (κ2) is 9.48. The summed E-state index contributed by atoms with van der Waals surface area (Å²) >= 11 is 6.28. The average molecular weight is 515 g/mol. The molecule has 1 aromatic heterocycles. The Balaban J connectivity index is 1.60. The summed E-state index contributed by atoms with van der Waals surface area (Å²) in [6, 6.07) is 11.7. The molecule has 1 saturated heterocycles. The van der Waals surface area contributed by atoms with Crippen LogP contribution in [-0.4, -0.2) is 53.8 Å². The summed E-state index contributed by atoms with van der Waals surface area (Å²) in [6.45, 7) is 0.305. The molecule has 3 heterocycles. The number of halogens is 2. The summed E-state index contributed by atoms with van der Waals surface area (Å²) in [7, 11) is 3.02. The smallest absolute Gasteiger partial charge is 0.310 e. The van der Waals surface area contributed by atoms with Crippen molar-refractivity contribution < 1.29 is 33.3 Å². The molecule has 2 aromatic carbocycles. The van der Waals surface area contributed by atoms with Gasteiger partial charge < -0.3 is 28.8 Å². The second-order valence-electron chi connectivity index (χ2n) is 8.75. The summed E-state index contributed by atoms with van der Waals surface area (Å²) in [5.74, 6) is -1.39. The van der Waals surface area contributed by atoms with E-state index >= 15 is 4.39 Å². The van der Waals surface area contributed by atoms with Crippen molar-refractivity contribution in [1.82, 2.24) is 9.47 Å². The highest BCUT2D eigenvalue weighted by atomic mass is 35.5. The van der Waals surface area contributed by atoms with Gasteiger partial charge in [-0.25, -0.2) is 4.39 Å². The Morgan fingerprint density at radius 2 is 1.92 bits per heavy atom. The molecule has 2 aliphatic heterocycles. The van der Waals surface area contributed by atoms with Crippen LogP contribution in [0.2, 0.25) is 5.02 Å². The van der Waals surface area contributed by atoms with Gasteiger partial charge in [-0.3, -0.25) is 9.59 Å². The minimum atomic E-state index is -0.924. The molecular weight excluding hydrogens is 491 g/mol. The molecular formula is C26H24ClFN2O6. The number of aromatic nitrogens is 1. The van der Waals surface area contributed by atoms with Gasteiger partial charge in [-0.1, -0.05) is 23.7 Å². The topological polar surface area (TPSA) is 90.2 Å². The summed E-state index contributed by atoms with van der Waals surface area (Å²) in [5, 5.41) is 9.36. The number of carbonyl (C=O) groups excluding carboxylic acids is 1. The van der Waals surface area contributed by atoms with Crippen LogP contribution in [0.1, 0.15) is 35.4 Å². The normalized spacial score (nSPS) is 19.1. The molecule has 2 atom stereocenters. The van der Waals surface area contributed by atoms with Crippen LogP contribution in [0.5, 0.6) is 11.5 Å². The van der Waals surface area contributed by atoms with Crippen LogP contribution in [0.4, 0.5) is 4.39 Å². The molecule has 5 rings (SSSR count). The lowest BCUT2D eigenvalue weighted by molar-refractivity contribution is -0.154. The van der Waals surface area contributed by atoms with Gasteiger partial charge in [-0.05, 0) is 30.3 Å². The van der Waals surface area contributed by atoms with Crippen molar-refractivity contribution in [3.05, 3.63) is 76.3 Å². The van der Waals surface area contributed by atoms with Crippen molar-refractivity contribution in [2.45, 2.75) is 18.6 Å². The zero-order valence-corrected chi connectivity index (χ0v) is 20.4. The highest BCUT2D eigenvalue weighted by Crippen LogP contribution is 2.47. The van der Waals surface area contributed by atoms with Gasteiger partial charge in [0.25, 0.3) is 0 Å². The number of carboxylic acid groups (broad SMARTS) is 1. The van der Waals surface area contributed by atoms with E-state index < -0.39 is 29.9 Å². The molecule has 1 N–H and O–H groups in total. The van der Waals surface area contributed by atoms with Gasteiger partial charge in [0.15, 0.2) is 11.5 Å². The average Bonchev–Trinajstić information content (AvgIpc) is 3.24. The first-order valence-electron chi connectivity index (χ1n) is 11.4. The third-order valence-corrected chi connectivity index (χ3v) is 6.87. The van der Waals surface area contributed by atoms with Crippen molar-refractivity contribution in [2.75, 3.05) is 27.3 Å². The van der Waals surface area contributed by atoms with Crippen LogP contribution in [0, 0.1) is 11.7 Å². The van der Waals surface area contributed by atoms with Crippen LogP contribution < -0.4 is 9.47 Å². The number of para-hydroxylation sites is 1. The number of rotatable bonds is 6. The molecule has 188 valence electrons. The fourth-order valence-electron chi connectivity index (χ4n) is 4.85. The standard InChI is InChI=1S/C26H24ClFN2O6/c1-34-20-7-3-5-16(25(20)35-2)24-17-9-15(27)10-18(28)23(17)30-8-4-6-19(30)21(36-24)11-22(31)29-12-14(13-29)26(32)33/h3-10,14,21,24H,11-13H2,1-2H3,(H,32,33)/t21-,24-/m1/s1. The zero-order chi connectivity index (χ0) is 25.6.